The van der Waals surface area contributed by atoms with Gasteiger partial charge in [-0.1, -0.05) is 0 Å². The van der Waals surface area contributed by atoms with Gasteiger partial charge in [-0.05, 0) is 19.3 Å². The molecule has 0 aromatic heterocycles. The first kappa shape index (κ1) is 14.4. The van der Waals surface area contributed by atoms with E-state index in [9.17, 15) is 13.2 Å². The monoisotopic (exact) mass is 264 g/mol. The van der Waals surface area contributed by atoms with Gasteiger partial charge in [-0.2, -0.15) is 0 Å². The van der Waals surface area contributed by atoms with E-state index >= 15 is 0 Å². The van der Waals surface area contributed by atoms with E-state index in [0.717, 1.165) is 19.1 Å². The summed E-state index contributed by atoms with van der Waals surface area (Å²) in [5, 5.41) is 8.66. The van der Waals surface area contributed by atoms with E-state index in [2.05, 4.69) is 4.72 Å². The second-order valence-electron chi connectivity index (χ2n) is 4.40. The third kappa shape index (κ3) is 5.47. The highest BCUT2D eigenvalue weighted by atomic mass is 32.2. The molecule has 1 aliphatic heterocycles. The predicted octanol–water partition coefficient (Wildman–Crippen LogP) is -0.701. The molecule has 1 heterocycles. The van der Waals surface area contributed by atoms with Crippen molar-refractivity contribution in [1.29, 1.82) is 0 Å². The maximum absolute atomic E-state index is 11.7. The molecule has 0 radical (unpaired) electrons. The van der Waals surface area contributed by atoms with Crippen molar-refractivity contribution >= 4 is 15.9 Å². The van der Waals surface area contributed by atoms with Crippen LogP contribution in [0.4, 0.5) is 0 Å². The largest absolute Gasteiger partial charge is 0.396 e. The van der Waals surface area contributed by atoms with Gasteiger partial charge < -0.3 is 10.0 Å². The standard InChI is InChI=1S/C10H20N2O4S/c1-17(15,16)11-9-4-2-6-12(8-9)10(14)5-3-7-13/h9,11,13H,2-8H2,1H3. The van der Waals surface area contributed by atoms with Crippen LogP contribution in [0.2, 0.25) is 0 Å². The third-order valence-corrected chi connectivity index (χ3v) is 3.47. The number of likely N-dealkylation sites (tertiary alicyclic amines) is 1. The molecule has 1 rings (SSSR count). The number of sulfonamides is 1. The number of nitrogens with zero attached hydrogens (tertiary/aromatic N) is 1. The number of carbonyl (C=O) groups is 1. The highest BCUT2D eigenvalue weighted by molar-refractivity contribution is 7.88. The molecule has 1 saturated heterocycles. The van der Waals surface area contributed by atoms with Gasteiger partial charge in [0.25, 0.3) is 0 Å². The molecular weight excluding hydrogens is 244 g/mol. The molecule has 1 atom stereocenters. The van der Waals surface area contributed by atoms with Crippen LogP contribution >= 0.6 is 0 Å². The molecule has 2 N–H and O–H groups in total. The SMILES string of the molecule is CS(=O)(=O)NC1CCCN(C(=O)CCCO)C1. The average molecular weight is 264 g/mol. The molecule has 100 valence electrons. The Morgan fingerprint density at radius 1 is 1.53 bits per heavy atom. The fraction of sp³-hybridized carbons (Fsp3) is 0.900. The van der Waals surface area contributed by atoms with Crippen LogP contribution < -0.4 is 4.72 Å². The van der Waals surface area contributed by atoms with Crippen molar-refractivity contribution in [3.63, 3.8) is 0 Å². The second kappa shape index (κ2) is 6.32. The van der Waals surface area contributed by atoms with Crippen molar-refractivity contribution < 1.29 is 18.3 Å². The number of hydrogen-bond acceptors (Lipinski definition) is 4. The van der Waals surface area contributed by atoms with Gasteiger partial charge in [0.15, 0.2) is 0 Å². The fourth-order valence-corrected chi connectivity index (χ4v) is 2.79. The molecule has 1 unspecified atom stereocenters. The molecule has 0 aliphatic carbocycles. The number of rotatable bonds is 5. The molecular formula is C10H20N2O4S. The minimum Gasteiger partial charge on any atom is -0.396 e. The lowest BCUT2D eigenvalue weighted by molar-refractivity contribution is -0.132. The smallest absolute Gasteiger partial charge is 0.222 e. The number of nitrogens with one attached hydrogen (secondary N) is 1. The lowest BCUT2D eigenvalue weighted by atomic mass is 10.1. The van der Waals surface area contributed by atoms with Crippen LogP contribution in [0, 0.1) is 0 Å². The van der Waals surface area contributed by atoms with Crippen LogP contribution in [0.25, 0.3) is 0 Å². The quantitative estimate of drug-likeness (QED) is 0.687. The Kier molecular flexibility index (Phi) is 5.35. The lowest BCUT2D eigenvalue weighted by Crippen LogP contribution is -2.49. The highest BCUT2D eigenvalue weighted by Gasteiger charge is 2.24. The molecule has 17 heavy (non-hydrogen) atoms. The summed E-state index contributed by atoms with van der Waals surface area (Å²) < 4.78 is 24.7. The Morgan fingerprint density at radius 3 is 2.82 bits per heavy atom. The summed E-state index contributed by atoms with van der Waals surface area (Å²) in [7, 11) is -3.22. The minimum atomic E-state index is -3.22. The zero-order valence-corrected chi connectivity index (χ0v) is 10.9. The molecule has 7 heteroatoms. The lowest BCUT2D eigenvalue weighted by Gasteiger charge is -2.32. The van der Waals surface area contributed by atoms with Gasteiger partial charge in [-0.15, -0.1) is 0 Å². The van der Waals surface area contributed by atoms with E-state index in [0.29, 0.717) is 25.9 Å². The number of hydrogen-bond donors (Lipinski definition) is 2. The van der Waals surface area contributed by atoms with E-state index < -0.39 is 10.0 Å². The number of aliphatic hydroxyl groups excluding tert-OH is 1. The molecule has 1 aliphatic rings. The van der Waals surface area contributed by atoms with Crippen LogP contribution in [-0.4, -0.2) is 56.3 Å². The Balaban J connectivity index is 2.46. The van der Waals surface area contributed by atoms with Gasteiger partial charge in [0.05, 0.1) is 6.26 Å². The molecule has 0 bridgehead atoms. The number of amides is 1. The van der Waals surface area contributed by atoms with Crippen molar-refractivity contribution in [2.24, 2.45) is 0 Å². The second-order valence-corrected chi connectivity index (χ2v) is 6.18. The summed E-state index contributed by atoms with van der Waals surface area (Å²) in [5.74, 6) is -0.0148. The van der Waals surface area contributed by atoms with Gasteiger partial charge in [0.2, 0.25) is 15.9 Å². The summed E-state index contributed by atoms with van der Waals surface area (Å²) in [4.78, 5) is 13.4. The van der Waals surface area contributed by atoms with E-state index in [1.165, 1.54) is 0 Å². The maximum atomic E-state index is 11.7. The highest BCUT2D eigenvalue weighted by Crippen LogP contribution is 2.12. The summed E-state index contributed by atoms with van der Waals surface area (Å²) in [6.07, 6.45) is 3.47. The van der Waals surface area contributed by atoms with Gasteiger partial charge in [-0.25, -0.2) is 13.1 Å². The summed E-state index contributed by atoms with van der Waals surface area (Å²) >= 11 is 0. The van der Waals surface area contributed by atoms with Crippen molar-refractivity contribution in [3.8, 4) is 0 Å². The van der Waals surface area contributed by atoms with Crippen molar-refractivity contribution in [1.82, 2.24) is 9.62 Å². The van der Waals surface area contributed by atoms with Crippen molar-refractivity contribution in [2.75, 3.05) is 26.0 Å². The summed E-state index contributed by atoms with van der Waals surface area (Å²) in [5.41, 5.74) is 0. The molecule has 1 fully saturated rings. The minimum absolute atomic E-state index is 0.00456. The first-order valence-electron chi connectivity index (χ1n) is 5.78. The first-order valence-corrected chi connectivity index (χ1v) is 7.67. The van der Waals surface area contributed by atoms with Crippen molar-refractivity contribution in [2.45, 2.75) is 31.7 Å². The van der Waals surface area contributed by atoms with Gasteiger partial charge in [0, 0.05) is 32.2 Å². The summed E-state index contributed by atoms with van der Waals surface area (Å²) in [6, 6.07) is -0.183. The van der Waals surface area contributed by atoms with E-state index in [-0.39, 0.29) is 18.6 Å². The molecule has 0 aromatic carbocycles. The fourth-order valence-electron chi connectivity index (χ4n) is 1.99. The Morgan fingerprint density at radius 2 is 2.24 bits per heavy atom. The van der Waals surface area contributed by atoms with Gasteiger partial charge >= 0.3 is 0 Å². The van der Waals surface area contributed by atoms with E-state index in [4.69, 9.17) is 5.11 Å². The average Bonchev–Trinajstić information content (AvgIpc) is 2.24. The van der Waals surface area contributed by atoms with E-state index in [1.807, 2.05) is 0 Å². The summed E-state index contributed by atoms with van der Waals surface area (Å²) in [6.45, 7) is 1.11. The van der Waals surface area contributed by atoms with Crippen molar-refractivity contribution in [3.05, 3.63) is 0 Å². The third-order valence-electron chi connectivity index (χ3n) is 2.70. The van der Waals surface area contributed by atoms with Crippen LogP contribution in [0.1, 0.15) is 25.7 Å². The van der Waals surface area contributed by atoms with Crippen LogP contribution in [0.15, 0.2) is 0 Å². The topological polar surface area (TPSA) is 86.7 Å². The number of carbonyl (C=O) groups excluding carboxylic acids is 1. The predicted molar refractivity (Wildman–Crippen MR) is 63.9 cm³/mol. The normalized spacial score (nSPS) is 21.5. The Hall–Kier alpha value is -0.660. The Labute approximate surface area is 102 Å². The maximum Gasteiger partial charge on any atom is 0.222 e. The van der Waals surface area contributed by atoms with Crippen LogP contribution in [-0.2, 0) is 14.8 Å². The van der Waals surface area contributed by atoms with Crippen LogP contribution in [0.5, 0.6) is 0 Å². The zero-order valence-electron chi connectivity index (χ0n) is 10.1. The first-order chi connectivity index (χ1) is 7.92. The molecule has 0 aromatic rings. The van der Waals surface area contributed by atoms with E-state index in [1.54, 1.807) is 4.90 Å². The Bertz CT molecular complexity index is 355. The number of aliphatic hydroxyl groups is 1. The number of piperidine rings is 1. The molecule has 6 nitrogen and oxygen atoms in total. The van der Waals surface area contributed by atoms with Crippen LogP contribution in [0.3, 0.4) is 0 Å². The zero-order chi connectivity index (χ0) is 12.9. The van der Waals surface area contributed by atoms with Gasteiger partial charge in [0.1, 0.15) is 0 Å². The molecule has 1 amide bonds. The van der Waals surface area contributed by atoms with Gasteiger partial charge in [-0.3, -0.25) is 4.79 Å². The molecule has 0 saturated carbocycles. The molecule has 0 spiro atoms.